The number of amides is 3. The van der Waals surface area contributed by atoms with Gasteiger partial charge in [-0.25, -0.2) is 19.1 Å². The molecule has 0 aliphatic carbocycles. The van der Waals surface area contributed by atoms with Crippen LogP contribution < -0.4 is 15.4 Å². The molecule has 11 heteroatoms. The van der Waals surface area contributed by atoms with Crippen LogP contribution in [0.4, 0.5) is 10.5 Å². The Morgan fingerprint density at radius 2 is 1.87 bits per heavy atom. The minimum absolute atomic E-state index is 0.0798. The van der Waals surface area contributed by atoms with E-state index in [1.807, 2.05) is 13.8 Å². The smallest absolute Gasteiger partial charge is 0.342 e. The zero-order valence-corrected chi connectivity index (χ0v) is 16.6. The van der Waals surface area contributed by atoms with Gasteiger partial charge in [-0.05, 0) is 30.2 Å². The summed E-state index contributed by atoms with van der Waals surface area (Å²) in [5, 5.41) is 8.64. The Kier molecular flexibility index (Phi) is 6.20. The molecule has 0 unspecified atom stereocenters. The van der Waals surface area contributed by atoms with E-state index >= 15 is 0 Å². The summed E-state index contributed by atoms with van der Waals surface area (Å²) in [6.07, 6.45) is 2.66. The molecule has 156 valence electrons. The molecule has 0 spiro atoms. The minimum atomic E-state index is -0.782. The highest BCUT2D eigenvalue weighted by Crippen LogP contribution is 2.20. The van der Waals surface area contributed by atoms with Gasteiger partial charge >= 0.3 is 12.0 Å². The summed E-state index contributed by atoms with van der Waals surface area (Å²) in [6.45, 7) is 3.12. The Balaban J connectivity index is 1.58. The maximum atomic E-state index is 12.5. The third-order valence-corrected chi connectivity index (χ3v) is 4.04. The third kappa shape index (κ3) is 4.69. The maximum absolute atomic E-state index is 12.5. The summed E-state index contributed by atoms with van der Waals surface area (Å²) in [5.41, 5.74) is 1.19. The molecule has 0 saturated carbocycles. The van der Waals surface area contributed by atoms with Crippen LogP contribution in [0, 0.1) is 0 Å². The number of carbonyl (C=O) groups excluding carboxylic acids is 3. The van der Waals surface area contributed by atoms with E-state index in [1.165, 1.54) is 24.1 Å². The molecule has 0 atom stereocenters. The van der Waals surface area contributed by atoms with E-state index in [9.17, 15) is 14.4 Å². The fraction of sp³-hybridized carbons (Fsp3) is 0.263. The minimum Gasteiger partial charge on any atom is -0.497 e. The van der Waals surface area contributed by atoms with Crippen LogP contribution in [-0.4, -0.2) is 51.2 Å². The first-order valence-electron chi connectivity index (χ1n) is 8.99. The van der Waals surface area contributed by atoms with Crippen molar-refractivity contribution in [2.75, 3.05) is 19.0 Å². The average molecular weight is 412 g/mol. The standard InChI is InChI=1S/C19H20N6O5/c1-11(2)16-14(8-20-18-21-10-22-25(16)18)17(27)30-9-15(26)24-19(28)23-12-4-6-13(29-3)7-5-12/h4-8,10-11H,9H2,1-3H3,(H2,23,24,26,28). The van der Waals surface area contributed by atoms with Crippen molar-refractivity contribution in [3.05, 3.63) is 48.0 Å². The predicted octanol–water partition coefficient (Wildman–Crippen LogP) is 1.76. The molecule has 2 aromatic heterocycles. The van der Waals surface area contributed by atoms with E-state index < -0.39 is 24.5 Å². The molecule has 3 amide bonds. The molecule has 0 saturated heterocycles. The first-order chi connectivity index (χ1) is 14.4. The Hall–Kier alpha value is -4.02. The molecule has 30 heavy (non-hydrogen) atoms. The summed E-state index contributed by atoms with van der Waals surface area (Å²) in [6, 6.07) is 5.79. The van der Waals surface area contributed by atoms with Gasteiger partial charge in [-0.3, -0.25) is 10.1 Å². The van der Waals surface area contributed by atoms with Crippen molar-refractivity contribution in [2.24, 2.45) is 0 Å². The molecule has 0 radical (unpaired) electrons. The lowest BCUT2D eigenvalue weighted by molar-refractivity contribution is -0.123. The summed E-state index contributed by atoms with van der Waals surface area (Å²) in [4.78, 5) is 44.4. The second-order valence-electron chi connectivity index (χ2n) is 6.49. The topological polar surface area (TPSA) is 137 Å². The summed E-state index contributed by atoms with van der Waals surface area (Å²) >= 11 is 0. The van der Waals surface area contributed by atoms with Crippen LogP contribution in [0.2, 0.25) is 0 Å². The number of nitrogens with one attached hydrogen (secondary N) is 2. The van der Waals surface area contributed by atoms with Crippen molar-refractivity contribution >= 4 is 29.4 Å². The van der Waals surface area contributed by atoms with Crippen LogP contribution in [0.3, 0.4) is 0 Å². The number of esters is 1. The highest BCUT2D eigenvalue weighted by atomic mass is 16.5. The fourth-order valence-corrected chi connectivity index (χ4v) is 2.72. The lowest BCUT2D eigenvalue weighted by Gasteiger charge is -2.13. The number of benzene rings is 1. The Bertz CT molecular complexity index is 1080. The Morgan fingerprint density at radius 1 is 1.13 bits per heavy atom. The third-order valence-electron chi connectivity index (χ3n) is 4.04. The van der Waals surface area contributed by atoms with E-state index in [-0.39, 0.29) is 11.5 Å². The Labute approximate surface area is 171 Å². The highest BCUT2D eigenvalue weighted by Gasteiger charge is 2.21. The monoisotopic (exact) mass is 412 g/mol. The van der Waals surface area contributed by atoms with Crippen LogP contribution in [0.1, 0.15) is 35.8 Å². The highest BCUT2D eigenvalue weighted by molar-refractivity contribution is 6.02. The number of hydrogen-bond donors (Lipinski definition) is 2. The molecular weight excluding hydrogens is 392 g/mol. The van der Waals surface area contributed by atoms with Crippen LogP contribution in [-0.2, 0) is 9.53 Å². The summed E-state index contributed by atoms with van der Waals surface area (Å²) in [7, 11) is 1.53. The van der Waals surface area contributed by atoms with E-state index in [2.05, 4.69) is 25.7 Å². The first-order valence-corrected chi connectivity index (χ1v) is 8.99. The molecule has 1 aromatic carbocycles. The van der Waals surface area contributed by atoms with Gasteiger partial charge in [0, 0.05) is 11.9 Å². The largest absolute Gasteiger partial charge is 0.497 e. The number of hydrogen-bond acceptors (Lipinski definition) is 8. The molecule has 3 rings (SSSR count). The lowest BCUT2D eigenvalue weighted by atomic mass is 10.1. The van der Waals surface area contributed by atoms with Crippen molar-refractivity contribution in [1.82, 2.24) is 24.9 Å². The van der Waals surface area contributed by atoms with Crippen molar-refractivity contribution < 1.29 is 23.9 Å². The number of anilines is 1. The molecule has 0 aliphatic rings. The van der Waals surface area contributed by atoms with Gasteiger partial charge in [0.2, 0.25) is 0 Å². The van der Waals surface area contributed by atoms with Crippen molar-refractivity contribution in [1.29, 1.82) is 0 Å². The predicted molar refractivity (Wildman–Crippen MR) is 105 cm³/mol. The number of fused-ring (bicyclic) bond motifs is 1. The number of urea groups is 1. The van der Waals surface area contributed by atoms with Crippen LogP contribution in [0.15, 0.2) is 36.8 Å². The number of nitrogens with zero attached hydrogens (tertiary/aromatic N) is 4. The molecule has 11 nitrogen and oxygen atoms in total. The van der Waals surface area contributed by atoms with Crippen LogP contribution >= 0.6 is 0 Å². The number of aromatic nitrogens is 4. The van der Waals surface area contributed by atoms with Gasteiger partial charge in [0.25, 0.3) is 11.7 Å². The van der Waals surface area contributed by atoms with E-state index in [1.54, 1.807) is 24.3 Å². The maximum Gasteiger partial charge on any atom is 0.342 e. The van der Waals surface area contributed by atoms with Crippen LogP contribution in [0.25, 0.3) is 5.78 Å². The molecule has 2 heterocycles. The summed E-state index contributed by atoms with van der Waals surface area (Å²) in [5.74, 6) is -0.639. The zero-order valence-electron chi connectivity index (χ0n) is 16.6. The normalized spacial score (nSPS) is 10.7. The lowest BCUT2D eigenvalue weighted by Crippen LogP contribution is -2.37. The van der Waals surface area contributed by atoms with Crippen molar-refractivity contribution in [3.63, 3.8) is 0 Å². The zero-order chi connectivity index (χ0) is 21.7. The van der Waals surface area contributed by atoms with Crippen molar-refractivity contribution in [2.45, 2.75) is 19.8 Å². The molecule has 2 N–H and O–H groups in total. The Morgan fingerprint density at radius 3 is 2.53 bits per heavy atom. The van der Waals surface area contributed by atoms with Crippen LogP contribution in [0.5, 0.6) is 5.75 Å². The summed E-state index contributed by atoms with van der Waals surface area (Å²) < 4.78 is 11.5. The van der Waals surface area contributed by atoms with Gasteiger partial charge in [-0.2, -0.15) is 10.1 Å². The van der Waals surface area contributed by atoms with Gasteiger partial charge in [-0.1, -0.05) is 13.8 Å². The number of rotatable bonds is 6. The van der Waals surface area contributed by atoms with E-state index in [0.29, 0.717) is 22.9 Å². The van der Waals surface area contributed by atoms with Gasteiger partial charge in [0.1, 0.15) is 12.1 Å². The van der Waals surface area contributed by atoms with E-state index in [0.717, 1.165) is 0 Å². The molecular formula is C19H20N6O5. The van der Waals surface area contributed by atoms with Gasteiger partial charge in [-0.15, -0.1) is 0 Å². The quantitative estimate of drug-likeness (QED) is 0.585. The first kappa shape index (κ1) is 20.7. The fourth-order valence-electron chi connectivity index (χ4n) is 2.72. The number of methoxy groups -OCH3 is 1. The number of carbonyl (C=O) groups is 3. The van der Waals surface area contributed by atoms with E-state index in [4.69, 9.17) is 9.47 Å². The molecule has 0 bridgehead atoms. The SMILES string of the molecule is COc1ccc(NC(=O)NC(=O)COC(=O)c2cnc3ncnn3c2C(C)C)cc1. The van der Waals surface area contributed by atoms with Crippen molar-refractivity contribution in [3.8, 4) is 5.75 Å². The van der Waals surface area contributed by atoms with Gasteiger partial charge in [0.15, 0.2) is 6.61 Å². The molecule has 0 aliphatic heterocycles. The molecule has 0 fully saturated rings. The number of imide groups is 1. The second kappa shape index (κ2) is 8.99. The van der Waals surface area contributed by atoms with Gasteiger partial charge in [0.05, 0.1) is 18.4 Å². The number of ether oxygens (including phenoxy) is 2. The van der Waals surface area contributed by atoms with Gasteiger partial charge < -0.3 is 14.8 Å². The average Bonchev–Trinajstić information content (AvgIpc) is 3.20. The molecule has 3 aromatic rings. The second-order valence-corrected chi connectivity index (χ2v) is 6.49.